The van der Waals surface area contributed by atoms with Crippen LogP contribution in [0.1, 0.15) is 18.7 Å². The Bertz CT molecular complexity index is 275. The highest BCUT2D eigenvalue weighted by atomic mass is 15.2. The molecule has 1 aliphatic rings. The van der Waals surface area contributed by atoms with Crippen LogP contribution in [0.15, 0.2) is 18.5 Å². The summed E-state index contributed by atoms with van der Waals surface area (Å²) in [5.41, 5.74) is 5.90. The van der Waals surface area contributed by atoms with E-state index in [0.29, 0.717) is 6.04 Å². The van der Waals surface area contributed by atoms with Gasteiger partial charge in [0.05, 0.1) is 6.54 Å². The number of hydrogen-bond donors (Lipinski definition) is 1. The van der Waals surface area contributed by atoms with Gasteiger partial charge in [0.15, 0.2) is 0 Å². The Balaban J connectivity index is 1.91. The molecule has 1 fully saturated rings. The van der Waals surface area contributed by atoms with Crippen LogP contribution in [-0.2, 0) is 6.54 Å². The Morgan fingerprint density at radius 2 is 2.21 bits per heavy atom. The van der Waals surface area contributed by atoms with Crippen molar-refractivity contribution in [1.82, 2.24) is 14.9 Å². The van der Waals surface area contributed by atoms with Crippen molar-refractivity contribution in [2.45, 2.75) is 25.4 Å². The fourth-order valence-corrected chi connectivity index (χ4v) is 1.85. The fraction of sp³-hybridized carbons (Fsp3) is 0.600. The monoisotopic (exact) mass is 192 g/mol. The van der Waals surface area contributed by atoms with Crippen LogP contribution in [0.4, 0.5) is 0 Å². The molecule has 0 radical (unpaired) electrons. The quantitative estimate of drug-likeness (QED) is 0.737. The van der Waals surface area contributed by atoms with Crippen molar-refractivity contribution in [3.05, 3.63) is 24.3 Å². The van der Waals surface area contributed by atoms with Crippen LogP contribution in [-0.4, -0.2) is 34.0 Å². The van der Waals surface area contributed by atoms with Crippen LogP contribution in [0, 0.1) is 0 Å². The first-order chi connectivity index (χ1) is 6.84. The van der Waals surface area contributed by atoms with E-state index in [1.807, 2.05) is 6.07 Å². The summed E-state index contributed by atoms with van der Waals surface area (Å²) in [4.78, 5) is 10.7. The molecule has 0 saturated carbocycles. The van der Waals surface area contributed by atoms with Crippen molar-refractivity contribution in [1.29, 1.82) is 0 Å². The number of piperidine rings is 1. The molecule has 76 valence electrons. The molecule has 14 heavy (non-hydrogen) atoms. The summed E-state index contributed by atoms with van der Waals surface area (Å²) >= 11 is 0. The van der Waals surface area contributed by atoms with Gasteiger partial charge in [-0.15, -0.1) is 0 Å². The topological polar surface area (TPSA) is 55.0 Å². The number of likely N-dealkylation sites (tertiary alicyclic amines) is 1. The normalized spacial score (nSPS) is 23.6. The van der Waals surface area contributed by atoms with E-state index in [1.165, 1.54) is 6.42 Å². The minimum Gasteiger partial charge on any atom is -0.327 e. The van der Waals surface area contributed by atoms with E-state index in [4.69, 9.17) is 5.73 Å². The summed E-state index contributed by atoms with van der Waals surface area (Å²) in [7, 11) is 0. The van der Waals surface area contributed by atoms with Gasteiger partial charge in [-0.25, -0.2) is 9.97 Å². The SMILES string of the molecule is N[C@@H]1CCCN(Cc2ncccn2)C1. The molecule has 1 aliphatic heterocycles. The third-order valence-electron chi connectivity index (χ3n) is 2.53. The van der Waals surface area contributed by atoms with Crippen molar-refractivity contribution in [2.75, 3.05) is 13.1 Å². The predicted molar refractivity (Wildman–Crippen MR) is 54.5 cm³/mol. The van der Waals surface area contributed by atoms with Crippen molar-refractivity contribution in [2.24, 2.45) is 5.73 Å². The maximum absolute atomic E-state index is 5.90. The zero-order valence-electron chi connectivity index (χ0n) is 8.26. The van der Waals surface area contributed by atoms with E-state index in [2.05, 4.69) is 14.9 Å². The molecule has 1 atom stereocenters. The lowest BCUT2D eigenvalue weighted by molar-refractivity contribution is 0.197. The summed E-state index contributed by atoms with van der Waals surface area (Å²) in [6.45, 7) is 2.92. The van der Waals surface area contributed by atoms with Crippen LogP contribution >= 0.6 is 0 Å². The average molecular weight is 192 g/mol. The van der Waals surface area contributed by atoms with E-state index < -0.39 is 0 Å². The van der Waals surface area contributed by atoms with Crippen molar-refractivity contribution < 1.29 is 0 Å². The molecule has 0 amide bonds. The maximum atomic E-state index is 5.90. The van der Waals surface area contributed by atoms with Crippen molar-refractivity contribution in [3.8, 4) is 0 Å². The number of nitrogens with zero attached hydrogens (tertiary/aromatic N) is 3. The molecule has 2 N–H and O–H groups in total. The molecule has 0 aromatic carbocycles. The average Bonchev–Trinajstić information content (AvgIpc) is 2.19. The minimum absolute atomic E-state index is 0.326. The first-order valence-corrected chi connectivity index (χ1v) is 5.08. The molecular weight excluding hydrogens is 176 g/mol. The van der Waals surface area contributed by atoms with Gasteiger partial charge in [0, 0.05) is 25.0 Å². The smallest absolute Gasteiger partial charge is 0.142 e. The van der Waals surface area contributed by atoms with E-state index in [1.54, 1.807) is 12.4 Å². The molecule has 2 heterocycles. The highest BCUT2D eigenvalue weighted by molar-refractivity contribution is 4.89. The largest absolute Gasteiger partial charge is 0.327 e. The summed E-state index contributed by atoms with van der Waals surface area (Å²) in [6.07, 6.45) is 5.90. The second-order valence-corrected chi connectivity index (χ2v) is 3.80. The number of rotatable bonds is 2. The highest BCUT2D eigenvalue weighted by Gasteiger charge is 2.16. The minimum atomic E-state index is 0.326. The van der Waals surface area contributed by atoms with Gasteiger partial charge in [0.1, 0.15) is 5.82 Å². The lowest BCUT2D eigenvalue weighted by Gasteiger charge is -2.29. The van der Waals surface area contributed by atoms with Gasteiger partial charge in [-0.1, -0.05) is 0 Å². The van der Waals surface area contributed by atoms with Gasteiger partial charge in [-0.2, -0.15) is 0 Å². The molecule has 4 nitrogen and oxygen atoms in total. The zero-order chi connectivity index (χ0) is 9.80. The van der Waals surface area contributed by atoms with E-state index >= 15 is 0 Å². The summed E-state index contributed by atoms with van der Waals surface area (Å²) in [6, 6.07) is 2.17. The summed E-state index contributed by atoms with van der Waals surface area (Å²) in [5, 5.41) is 0. The van der Waals surface area contributed by atoms with Gasteiger partial charge >= 0.3 is 0 Å². The lowest BCUT2D eigenvalue weighted by atomic mass is 10.1. The fourth-order valence-electron chi connectivity index (χ4n) is 1.85. The number of nitrogens with two attached hydrogens (primary N) is 1. The van der Waals surface area contributed by atoms with Crippen molar-refractivity contribution in [3.63, 3.8) is 0 Å². The first-order valence-electron chi connectivity index (χ1n) is 5.08. The molecule has 0 aliphatic carbocycles. The lowest BCUT2D eigenvalue weighted by Crippen LogP contribution is -2.42. The van der Waals surface area contributed by atoms with Gasteiger partial charge in [0.2, 0.25) is 0 Å². The number of aromatic nitrogens is 2. The Kier molecular flexibility index (Phi) is 3.06. The third kappa shape index (κ3) is 2.49. The molecule has 0 bridgehead atoms. The Morgan fingerprint density at radius 3 is 2.93 bits per heavy atom. The number of hydrogen-bond acceptors (Lipinski definition) is 4. The molecule has 0 spiro atoms. The molecular formula is C10H16N4. The second-order valence-electron chi connectivity index (χ2n) is 3.80. The van der Waals surface area contributed by atoms with Crippen LogP contribution in [0.2, 0.25) is 0 Å². The third-order valence-corrected chi connectivity index (χ3v) is 2.53. The Hall–Kier alpha value is -1.00. The molecule has 2 rings (SSSR count). The van der Waals surface area contributed by atoms with Crippen LogP contribution in [0.25, 0.3) is 0 Å². The molecule has 1 aromatic rings. The van der Waals surface area contributed by atoms with Gasteiger partial charge in [-0.05, 0) is 25.5 Å². The van der Waals surface area contributed by atoms with Crippen LogP contribution < -0.4 is 5.73 Å². The van der Waals surface area contributed by atoms with Crippen LogP contribution in [0.3, 0.4) is 0 Å². The van der Waals surface area contributed by atoms with Crippen LogP contribution in [0.5, 0.6) is 0 Å². The highest BCUT2D eigenvalue weighted by Crippen LogP contribution is 2.09. The first kappa shape index (κ1) is 9.55. The van der Waals surface area contributed by atoms with Gasteiger partial charge in [-0.3, -0.25) is 4.90 Å². The second kappa shape index (κ2) is 4.48. The maximum Gasteiger partial charge on any atom is 0.142 e. The summed E-state index contributed by atoms with van der Waals surface area (Å²) in [5.74, 6) is 0.890. The zero-order valence-corrected chi connectivity index (χ0v) is 8.26. The molecule has 4 heteroatoms. The van der Waals surface area contributed by atoms with Crippen molar-refractivity contribution >= 4 is 0 Å². The predicted octanol–water partition coefficient (Wildman–Crippen LogP) is 0.400. The molecule has 0 unspecified atom stereocenters. The van der Waals surface area contributed by atoms with E-state index in [-0.39, 0.29) is 0 Å². The molecule has 1 aromatic heterocycles. The Morgan fingerprint density at radius 1 is 1.43 bits per heavy atom. The van der Waals surface area contributed by atoms with Gasteiger partial charge in [0.25, 0.3) is 0 Å². The van der Waals surface area contributed by atoms with E-state index in [9.17, 15) is 0 Å². The van der Waals surface area contributed by atoms with E-state index in [0.717, 1.165) is 31.9 Å². The summed E-state index contributed by atoms with van der Waals surface area (Å²) < 4.78 is 0. The molecule has 1 saturated heterocycles. The Labute approximate surface area is 84.2 Å². The standard InChI is InChI=1S/C10H16N4/c11-9-3-1-6-14(7-9)8-10-12-4-2-5-13-10/h2,4-5,9H,1,3,6-8,11H2/t9-/m1/s1. The van der Waals surface area contributed by atoms with Gasteiger partial charge < -0.3 is 5.73 Å².